The molecule has 2 N–H and O–H groups in total. The number of ether oxygens (including phenoxy) is 1. The van der Waals surface area contributed by atoms with Crippen LogP contribution in [0.4, 0.5) is 4.39 Å². The maximum absolute atomic E-state index is 13.3. The third-order valence-corrected chi connectivity index (χ3v) is 1.90. The second-order valence-corrected chi connectivity index (χ2v) is 3.43. The Morgan fingerprint density at radius 3 is 2.50 bits per heavy atom. The molecule has 1 aromatic carbocycles. The van der Waals surface area contributed by atoms with Crippen molar-refractivity contribution >= 4 is 0 Å². The quantitative estimate of drug-likeness (QED) is 0.803. The molecule has 3 heteroatoms. The molecule has 1 aromatic rings. The van der Waals surface area contributed by atoms with Crippen LogP contribution in [0.3, 0.4) is 0 Å². The first-order valence-electron chi connectivity index (χ1n) is 4.75. The molecule has 0 bridgehead atoms. The standard InChI is InChI=1S/C11H16FNO/c1-8(2)14-11(7-13)9-5-3-4-6-10(9)12/h3-6,8,11H,7,13H2,1-2H3/t11-/m1/s1. The molecule has 0 radical (unpaired) electrons. The van der Waals surface area contributed by atoms with Gasteiger partial charge in [-0.3, -0.25) is 0 Å². The van der Waals surface area contributed by atoms with Gasteiger partial charge >= 0.3 is 0 Å². The van der Waals surface area contributed by atoms with Gasteiger partial charge in [-0.05, 0) is 19.9 Å². The van der Waals surface area contributed by atoms with Gasteiger partial charge in [0.25, 0.3) is 0 Å². The van der Waals surface area contributed by atoms with Crippen LogP contribution in [0.15, 0.2) is 24.3 Å². The van der Waals surface area contributed by atoms with E-state index in [4.69, 9.17) is 10.5 Å². The topological polar surface area (TPSA) is 35.2 Å². The van der Waals surface area contributed by atoms with Crippen LogP contribution in [0.1, 0.15) is 25.5 Å². The molecule has 0 saturated heterocycles. The van der Waals surface area contributed by atoms with E-state index in [1.165, 1.54) is 6.07 Å². The van der Waals surface area contributed by atoms with Gasteiger partial charge in [-0.15, -0.1) is 0 Å². The van der Waals surface area contributed by atoms with E-state index in [0.29, 0.717) is 12.1 Å². The van der Waals surface area contributed by atoms with Crippen LogP contribution < -0.4 is 5.73 Å². The molecule has 0 aromatic heterocycles. The second kappa shape index (κ2) is 5.08. The molecule has 0 aliphatic rings. The number of hydrogen-bond donors (Lipinski definition) is 1. The third-order valence-electron chi connectivity index (χ3n) is 1.90. The summed E-state index contributed by atoms with van der Waals surface area (Å²) < 4.78 is 18.8. The van der Waals surface area contributed by atoms with E-state index in [0.717, 1.165) is 0 Å². The molecule has 2 nitrogen and oxygen atoms in total. The molecule has 14 heavy (non-hydrogen) atoms. The Morgan fingerprint density at radius 2 is 2.00 bits per heavy atom. The van der Waals surface area contributed by atoms with Gasteiger partial charge in [-0.1, -0.05) is 18.2 Å². The highest BCUT2D eigenvalue weighted by Gasteiger charge is 2.15. The van der Waals surface area contributed by atoms with Crippen molar-refractivity contribution in [1.29, 1.82) is 0 Å². The maximum Gasteiger partial charge on any atom is 0.129 e. The Balaban J connectivity index is 2.83. The average Bonchev–Trinajstić information content (AvgIpc) is 2.15. The number of hydrogen-bond acceptors (Lipinski definition) is 2. The van der Waals surface area contributed by atoms with Gasteiger partial charge in [-0.25, -0.2) is 4.39 Å². The van der Waals surface area contributed by atoms with Crippen LogP contribution in [0, 0.1) is 5.82 Å². The first-order valence-corrected chi connectivity index (χ1v) is 4.75. The molecule has 0 fully saturated rings. The van der Waals surface area contributed by atoms with E-state index in [2.05, 4.69) is 0 Å². The maximum atomic E-state index is 13.3. The van der Waals surface area contributed by atoms with Crippen LogP contribution >= 0.6 is 0 Å². The fourth-order valence-electron chi connectivity index (χ4n) is 1.32. The second-order valence-electron chi connectivity index (χ2n) is 3.43. The molecule has 0 amide bonds. The summed E-state index contributed by atoms with van der Waals surface area (Å²) in [5.41, 5.74) is 6.06. The molecule has 1 rings (SSSR count). The summed E-state index contributed by atoms with van der Waals surface area (Å²) in [7, 11) is 0. The Bertz CT molecular complexity index is 288. The normalized spacial score (nSPS) is 13.2. The summed E-state index contributed by atoms with van der Waals surface area (Å²) >= 11 is 0. The van der Waals surface area contributed by atoms with Crippen molar-refractivity contribution in [2.45, 2.75) is 26.1 Å². The summed E-state index contributed by atoms with van der Waals surface area (Å²) in [6.07, 6.45) is -0.306. The van der Waals surface area contributed by atoms with E-state index in [-0.39, 0.29) is 18.0 Å². The summed E-state index contributed by atoms with van der Waals surface area (Å²) in [5.74, 6) is -0.261. The minimum atomic E-state index is -0.351. The first-order chi connectivity index (χ1) is 6.65. The van der Waals surface area contributed by atoms with Crippen molar-refractivity contribution in [3.8, 4) is 0 Å². The smallest absolute Gasteiger partial charge is 0.129 e. The van der Waals surface area contributed by atoms with Crippen LogP contribution in [0.5, 0.6) is 0 Å². The minimum absolute atomic E-state index is 0.0446. The third kappa shape index (κ3) is 2.79. The highest BCUT2D eigenvalue weighted by molar-refractivity contribution is 5.20. The summed E-state index contributed by atoms with van der Waals surface area (Å²) in [6, 6.07) is 6.56. The SMILES string of the molecule is CC(C)O[C@H](CN)c1ccccc1F. The molecule has 1 atom stereocenters. The fraction of sp³-hybridized carbons (Fsp3) is 0.455. The number of halogens is 1. The minimum Gasteiger partial charge on any atom is -0.369 e. The largest absolute Gasteiger partial charge is 0.369 e. The lowest BCUT2D eigenvalue weighted by molar-refractivity contribution is 0.0101. The highest BCUT2D eigenvalue weighted by Crippen LogP contribution is 2.20. The zero-order chi connectivity index (χ0) is 10.6. The van der Waals surface area contributed by atoms with Crippen molar-refractivity contribution in [1.82, 2.24) is 0 Å². The molecule has 0 spiro atoms. The zero-order valence-electron chi connectivity index (χ0n) is 8.53. The molecule has 0 unspecified atom stereocenters. The molecular formula is C11H16FNO. The van der Waals surface area contributed by atoms with Gasteiger partial charge in [0.05, 0.1) is 12.2 Å². The molecular weight excluding hydrogens is 181 g/mol. The predicted molar refractivity (Wildman–Crippen MR) is 54.4 cm³/mol. The summed E-state index contributed by atoms with van der Waals surface area (Å²) in [5, 5.41) is 0. The van der Waals surface area contributed by atoms with Crippen molar-refractivity contribution in [2.24, 2.45) is 5.73 Å². The van der Waals surface area contributed by atoms with Crippen LogP contribution in [0.25, 0.3) is 0 Å². The van der Waals surface area contributed by atoms with Gasteiger partial charge in [-0.2, -0.15) is 0 Å². The van der Waals surface area contributed by atoms with Crippen LogP contribution in [-0.2, 0) is 4.74 Å². The lowest BCUT2D eigenvalue weighted by Gasteiger charge is -2.19. The van der Waals surface area contributed by atoms with Gasteiger partial charge in [0.2, 0.25) is 0 Å². The molecule has 0 saturated carbocycles. The van der Waals surface area contributed by atoms with Crippen molar-refractivity contribution in [2.75, 3.05) is 6.54 Å². The molecule has 78 valence electrons. The van der Waals surface area contributed by atoms with Crippen LogP contribution in [-0.4, -0.2) is 12.6 Å². The van der Waals surface area contributed by atoms with E-state index >= 15 is 0 Å². The van der Waals surface area contributed by atoms with E-state index in [9.17, 15) is 4.39 Å². The van der Waals surface area contributed by atoms with Crippen molar-refractivity contribution in [3.63, 3.8) is 0 Å². The van der Waals surface area contributed by atoms with Gasteiger partial charge in [0.1, 0.15) is 5.82 Å². The zero-order valence-corrected chi connectivity index (χ0v) is 8.53. The Kier molecular flexibility index (Phi) is 4.04. The Hall–Kier alpha value is -0.930. The molecule has 0 heterocycles. The van der Waals surface area contributed by atoms with Gasteiger partial charge < -0.3 is 10.5 Å². The average molecular weight is 197 g/mol. The van der Waals surface area contributed by atoms with E-state index < -0.39 is 0 Å². The lowest BCUT2D eigenvalue weighted by atomic mass is 10.1. The Labute approximate surface area is 83.9 Å². The lowest BCUT2D eigenvalue weighted by Crippen LogP contribution is -2.20. The first kappa shape index (κ1) is 11.1. The van der Waals surface area contributed by atoms with Gasteiger partial charge in [0, 0.05) is 12.1 Å². The number of rotatable bonds is 4. The fourth-order valence-corrected chi connectivity index (χ4v) is 1.32. The molecule has 0 aliphatic carbocycles. The van der Waals surface area contributed by atoms with Crippen LogP contribution in [0.2, 0.25) is 0 Å². The molecule has 0 aliphatic heterocycles. The van der Waals surface area contributed by atoms with Gasteiger partial charge in [0.15, 0.2) is 0 Å². The van der Waals surface area contributed by atoms with Crippen molar-refractivity contribution < 1.29 is 9.13 Å². The summed E-state index contributed by atoms with van der Waals surface area (Å²) in [6.45, 7) is 4.10. The number of nitrogens with two attached hydrogens (primary N) is 1. The summed E-state index contributed by atoms with van der Waals surface area (Å²) in [4.78, 5) is 0. The van der Waals surface area contributed by atoms with E-state index in [1.54, 1.807) is 18.2 Å². The van der Waals surface area contributed by atoms with Crippen molar-refractivity contribution in [3.05, 3.63) is 35.6 Å². The monoisotopic (exact) mass is 197 g/mol. The highest BCUT2D eigenvalue weighted by atomic mass is 19.1. The Morgan fingerprint density at radius 1 is 1.36 bits per heavy atom. The number of benzene rings is 1. The predicted octanol–water partition coefficient (Wildman–Crippen LogP) is 2.25. The van der Waals surface area contributed by atoms with E-state index in [1.807, 2.05) is 13.8 Å².